The molecule has 0 aliphatic rings. The van der Waals surface area contributed by atoms with Gasteiger partial charge in [-0.3, -0.25) is 10.1 Å². The maximum atomic E-state index is 12.6. The molecule has 0 fully saturated rings. The fourth-order valence-corrected chi connectivity index (χ4v) is 0.869. The van der Waals surface area contributed by atoms with Gasteiger partial charge in [0, 0.05) is 11.6 Å². The summed E-state index contributed by atoms with van der Waals surface area (Å²) in [7, 11) is 0. The molecule has 1 aromatic rings. The highest BCUT2D eigenvalue weighted by atomic mass is 19.1. The molecule has 0 spiro atoms. The first kappa shape index (κ1) is 10.1. The lowest BCUT2D eigenvalue weighted by Crippen LogP contribution is -2.35. The molecule has 0 bridgehead atoms. The third-order valence-corrected chi connectivity index (χ3v) is 1.36. The Balaban J connectivity index is 2.95. The summed E-state index contributed by atoms with van der Waals surface area (Å²) in [6.07, 6.45) is 0. The lowest BCUT2D eigenvalue weighted by atomic mass is 10.2. The van der Waals surface area contributed by atoms with Crippen LogP contribution < -0.4 is 11.1 Å². The largest absolute Gasteiger partial charge is 0.351 e. The van der Waals surface area contributed by atoms with E-state index in [4.69, 9.17) is 0 Å². The number of nitrogens with two attached hydrogens (primary N) is 1. The van der Waals surface area contributed by atoms with Crippen LogP contribution in [-0.2, 0) is 0 Å². The van der Waals surface area contributed by atoms with Crippen LogP contribution in [0.25, 0.3) is 0 Å². The van der Waals surface area contributed by atoms with Crippen molar-refractivity contribution in [3.8, 4) is 0 Å². The van der Waals surface area contributed by atoms with Crippen molar-refractivity contribution in [2.45, 2.75) is 0 Å². The van der Waals surface area contributed by atoms with Crippen LogP contribution in [0.2, 0.25) is 0 Å². The van der Waals surface area contributed by atoms with Crippen LogP contribution >= 0.6 is 0 Å². The number of carbonyl (C=O) groups is 2. The van der Waals surface area contributed by atoms with Gasteiger partial charge in [0.15, 0.2) is 0 Å². The standard InChI is InChI=1S/C8H6F2N2O2/c9-5-1-4(2-6(10)3-5)7(13)12-8(11)14/h1-3H,(H3,11,12,13,14). The van der Waals surface area contributed by atoms with Crippen molar-refractivity contribution in [3.63, 3.8) is 0 Å². The van der Waals surface area contributed by atoms with E-state index in [9.17, 15) is 18.4 Å². The minimum absolute atomic E-state index is 0.304. The van der Waals surface area contributed by atoms with Crippen LogP contribution in [0.5, 0.6) is 0 Å². The number of benzene rings is 1. The summed E-state index contributed by atoms with van der Waals surface area (Å²) in [5.74, 6) is -2.75. The van der Waals surface area contributed by atoms with Crippen LogP contribution in [0.3, 0.4) is 0 Å². The molecule has 0 radical (unpaired) electrons. The number of urea groups is 1. The molecule has 14 heavy (non-hydrogen) atoms. The Kier molecular flexibility index (Phi) is 2.76. The molecule has 0 aliphatic heterocycles. The average molecular weight is 200 g/mol. The number of nitrogens with one attached hydrogen (secondary N) is 1. The summed E-state index contributed by atoms with van der Waals surface area (Å²) in [5, 5.41) is 1.68. The molecule has 4 nitrogen and oxygen atoms in total. The van der Waals surface area contributed by atoms with E-state index in [0.29, 0.717) is 6.07 Å². The topological polar surface area (TPSA) is 72.2 Å². The van der Waals surface area contributed by atoms with Gasteiger partial charge in [-0.1, -0.05) is 0 Å². The lowest BCUT2D eigenvalue weighted by molar-refractivity contribution is 0.0965. The van der Waals surface area contributed by atoms with E-state index in [2.05, 4.69) is 5.73 Å². The molecule has 0 heterocycles. The van der Waals surface area contributed by atoms with Gasteiger partial charge in [-0.15, -0.1) is 0 Å². The van der Waals surface area contributed by atoms with Gasteiger partial charge in [0.2, 0.25) is 0 Å². The molecule has 6 heteroatoms. The van der Waals surface area contributed by atoms with E-state index in [-0.39, 0.29) is 5.56 Å². The minimum Gasteiger partial charge on any atom is -0.351 e. The van der Waals surface area contributed by atoms with Gasteiger partial charge in [0.1, 0.15) is 11.6 Å². The number of halogens is 2. The molecule has 1 aromatic carbocycles. The van der Waals surface area contributed by atoms with Crippen molar-refractivity contribution in [2.24, 2.45) is 5.73 Å². The van der Waals surface area contributed by atoms with E-state index >= 15 is 0 Å². The van der Waals surface area contributed by atoms with Gasteiger partial charge in [-0.25, -0.2) is 13.6 Å². The van der Waals surface area contributed by atoms with Crippen molar-refractivity contribution in [3.05, 3.63) is 35.4 Å². The third-order valence-electron chi connectivity index (χ3n) is 1.36. The van der Waals surface area contributed by atoms with Crippen molar-refractivity contribution in [1.29, 1.82) is 0 Å². The highest BCUT2D eigenvalue weighted by Gasteiger charge is 2.10. The number of imide groups is 1. The third kappa shape index (κ3) is 2.51. The Morgan fingerprint density at radius 2 is 1.64 bits per heavy atom. The highest BCUT2D eigenvalue weighted by Crippen LogP contribution is 2.07. The van der Waals surface area contributed by atoms with Gasteiger partial charge in [-0.2, -0.15) is 0 Å². The van der Waals surface area contributed by atoms with E-state index in [0.717, 1.165) is 12.1 Å². The van der Waals surface area contributed by atoms with E-state index in [1.54, 1.807) is 5.32 Å². The van der Waals surface area contributed by atoms with E-state index < -0.39 is 23.6 Å². The molecule has 0 unspecified atom stereocenters. The first-order chi connectivity index (χ1) is 6.49. The smallest absolute Gasteiger partial charge is 0.319 e. The molecule has 1 rings (SSSR count). The Morgan fingerprint density at radius 1 is 1.14 bits per heavy atom. The SMILES string of the molecule is NC(=O)NC(=O)c1cc(F)cc(F)c1. The van der Waals surface area contributed by atoms with Gasteiger partial charge in [-0.05, 0) is 12.1 Å². The van der Waals surface area contributed by atoms with Gasteiger partial charge >= 0.3 is 6.03 Å². The maximum absolute atomic E-state index is 12.6. The maximum Gasteiger partial charge on any atom is 0.319 e. The van der Waals surface area contributed by atoms with Crippen molar-refractivity contribution < 1.29 is 18.4 Å². The van der Waals surface area contributed by atoms with Crippen molar-refractivity contribution in [2.75, 3.05) is 0 Å². The quantitative estimate of drug-likeness (QED) is 0.702. The van der Waals surface area contributed by atoms with Crippen molar-refractivity contribution >= 4 is 11.9 Å². The van der Waals surface area contributed by atoms with E-state index in [1.165, 1.54) is 0 Å². The molecule has 0 saturated carbocycles. The number of rotatable bonds is 1. The van der Waals surface area contributed by atoms with Crippen LogP contribution in [-0.4, -0.2) is 11.9 Å². The first-order valence-corrected chi connectivity index (χ1v) is 3.56. The fourth-order valence-electron chi connectivity index (χ4n) is 0.869. The Hall–Kier alpha value is -1.98. The number of primary amides is 1. The number of carbonyl (C=O) groups excluding carboxylic acids is 2. The molecule has 0 atom stereocenters. The molecule has 3 N–H and O–H groups in total. The molecule has 3 amide bonds. The van der Waals surface area contributed by atoms with Gasteiger partial charge < -0.3 is 5.73 Å². The summed E-state index contributed by atoms with van der Waals surface area (Å²) >= 11 is 0. The average Bonchev–Trinajstić information content (AvgIpc) is 2.00. The zero-order valence-electron chi connectivity index (χ0n) is 6.88. The Morgan fingerprint density at radius 3 is 2.07 bits per heavy atom. The number of hydrogen-bond acceptors (Lipinski definition) is 2. The second-order valence-electron chi connectivity index (χ2n) is 2.48. The molecule has 0 saturated heterocycles. The van der Waals surface area contributed by atoms with E-state index in [1.807, 2.05) is 0 Å². The summed E-state index contributed by atoms with van der Waals surface area (Å²) in [4.78, 5) is 21.3. The summed E-state index contributed by atoms with van der Waals surface area (Å²) in [6.45, 7) is 0. The predicted molar refractivity (Wildman–Crippen MR) is 43.4 cm³/mol. The van der Waals surface area contributed by atoms with Crippen LogP contribution in [0.15, 0.2) is 18.2 Å². The number of hydrogen-bond donors (Lipinski definition) is 2. The Bertz CT molecular complexity index is 373. The molecule has 74 valence electrons. The molecule has 0 aliphatic carbocycles. The second-order valence-corrected chi connectivity index (χ2v) is 2.48. The second kappa shape index (κ2) is 3.82. The van der Waals surface area contributed by atoms with Gasteiger partial charge in [0.25, 0.3) is 5.91 Å². The summed E-state index contributed by atoms with van der Waals surface area (Å²) < 4.78 is 25.2. The van der Waals surface area contributed by atoms with Crippen LogP contribution in [0.1, 0.15) is 10.4 Å². The minimum atomic E-state index is -1.08. The molecule has 0 aromatic heterocycles. The molecular formula is C8H6F2N2O2. The zero-order chi connectivity index (χ0) is 10.7. The summed E-state index contributed by atoms with van der Waals surface area (Å²) in [6, 6.07) is 1.11. The fraction of sp³-hybridized carbons (Fsp3) is 0. The zero-order valence-corrected chi connectivity index (χ0v) is 6.88. The first-order valence-electron chi connectivity index (χ1n) is 3.56. The summed E-state index contributed by atoms with van der Waals surface area (Å²) in [5.41, 5.74) is 4.34. The van der Waals surface area contributed by atoms with Crippen LogP contribution in [0.4, 0.5) is 13.6 Å². The van der Waals surface area contributed by atoms with Crippen molar-refractivity contribution in [1.82, 2.24) is 5.32 Å². The number of amides is 3. The Labute approximate surface area is 77.7 Å². The molecular weight excluding hydrogens is 194 g/mol. The van der Waals surface area contributed by atoms with Gasteiger partial charge in [0.05, 0.1) is 0 Å². The normalized spacial score (nSPS) is 9.57. The van der Waals surface area contributed by atoms with Crippen LogP contribution in [0, 0.1) is 11.6 Å². The lowest BCUT2D eigenvalue weighted by Gasteiger charge is -2.00. The highest BCUT2D eigenvalue weighted by molar-refractivity contribution is 6.03. The predicted octanol–water partition coefficient (Wildman–Crippen LogP) is 0.773. The monoisotopic (exact) mass is 200 g/mol.